The van der Waals surface area contributed by atoms with Gasteiger partial charge in [-0.3, -0.25) is 14.5 Å². The Morgan fingerprint density at radius 2 is 1.83 bits per heavy atom. The van der Waals surface area contributed by atoms with E-state index in [2.05, 4.69) is 5.32 Å². The molecule has 1 amide bonds. The molecule has 2 aliphatic rings. The topological polar surface area (TPSA) is 62.6 Å². The van der Waals surface area contributed by atoms with Crippen LogP contribution in [0, 0.1) is 0 Å². The first-order valence-corrected chi connectivity index (χ1v) is 10.3. The van der Waals surface area contributed by atoms with Gasteiger partial charge in [0.2, 0.25) is 0 Å². The van der Waals surface area contributed by atoms with Gasteiger partial charge in [0.1, 0.15) is 0 Å². The molecular weight excluding hydrogens is 400 g/mol. The number of fused-ring (bicyclic) bond motifs is 1. The van der Waals surface area contributed by atoms with Crippen molar-refractivity contribution in [1.29, 1.82) is 0 Å². The van der Waals surface area contributed by atoms with Gasteiger partial charge in [-0.15, -0.1) is 0 Å². The van der Waals surface area contributed by atoms with Gasteiger partial charge in [0.15, 0.2) is 11.5 Å². The van der Waals surface area contributed by atoms with Crippen LogP contribution in [-0.4, -0.2) is 11.7 Å². The first kappa shape index (κ1) is 18.7. The number of nitrogens with zero attached hydrogens (tertiary/aromatic N) is 1. The molecule has 150 valence electrons. The number of hydrogen-bond donors (Lipinski definition) is 1. The number of allylic oxidation sites excluding steroid dienone is 1. The van der Waals surface area contributed by atoms with Gasteiger partial charge in [-0.2, -0.15) is 0 Å². The molecule has 0 bridgehead atoms. The second-order valence-corrected chi connectivity index (χ2v) is 7.85. The van der Waals surface area contributed by atoms with Crippen LogP contribution in [-0.2, 0) is 4.79 Å². The maximum atomic E-state index is 13.7. The number of para-hydroxylation sites is 2. The van der Waals surface area contributed by atoms with Crippen LogP contribution in [0.4, 0.5) is 11.4 Å². The Kier molecular flexibility index (Phi) is 4.68. The standard InChI is InChI=1S/C24H19ClN2O3/c25-16-12-10-15(11-13-16)23-22-18(6-3-8-20(22)28)26-17-5-1-2-7-19(17)27(23)24(29)21-9-4-14-30-21/h1-2,4-5,7,9-14,23,26H,3,6,8H2. The van der Waals surface area contributed by atoms with Crippen molar-refractivity contribution in [2.45, 2.75) is 25.3 Å². The second-order valence-electron chi connectivity index (χ2n) is 7.42. The fourth-order valence-electron chi connectivity index (χ4n) is 4.24. The number of Topliss-reactive ketones (excluding diaryl/α,β-unsaturated/α-hetero) is 1. The number of nitrogens with one attached hydrogen (secondary N) is 1. The Bertz CT molecular complexity index is 1150. The predicted molar refractivity (Wildman–Crippen MR) is 116 cm³/mol. The van der Waals surface area contributed by atoms with E-state index in [0.29, 0.717) is 22.7 Å². The zero-order valence-corrected chi connectivity index (χ0v) is 16.9. The van der Waals surface area contributed by atoms with E-state index in [4.69, 9.17) is 16.0 Å². The van der Waals surface area contributed by atoms with Crippen molar-refractivity contribution in [3.05, 3.63) is 94.5 Å². The maximum absolute atomic E-state index is 13.7. The van der Waals surface area contributed by atoms with Crippen molar-refractivity contribution in [3.63, 3.8) is 0 Å². The summed E-state index contributed by atoms with van der Waals surface area (Å²) in [6, 6.07) is 17.6. The van der Waals surface area contributed by atoms with Gasteiger partial charge in [0.05, 0.1) is 23.7 Å². The fraction of sp³-hybridized carbons (Fsp3) is 0.167. The minimum absolute atomic E-state index is 0.0498. The summed E-state index contributed by atoms with van der Waals surface area (Å²) in [5, 5.41) is 4.04. The number of furan rings is 1. The molecule has 1 N–H and O–H groups in total. The summed E-state index contributed by atoms with van der Waals surface area (Å²) < 4.78 is 5.44. The first-order chi connectivity index (χ1) is 14.6. The van der Waals surface area contributed by atoms with Crippen LogP contribution in [0.1, 0.15) is 41.4 Å². The quantitative estimate of drug-likeness (QED) is 0.575. The van der Waals surface area contributed by atoms with Gasteiger partial charge in [0.25, 0.3) is 5.91 Å². The Labute approximate surface area is 178 Å². The Morgan fingerprint density at radius 3 is 2.60 bits per heavy atom. The molecule has 1 aliphatic heterocycles. The lowest BCUT2D eigenvalue weighted by atomic mass is 9.85. The molecular formula is C24H19ClN2O3. The van der Waals surface area contributed by atoms with Crippen LogP contribution in [0.2, 0.25) is 5.02 Å². The highest BCUT2D eigenvalue weighted by Gasteiger charge is 2.40. The molecule has 3 aromatic rings. The van der Waals surface area contributed by atoms with E-state index in [0.717, 1.165) is 29.8 Å². The summed E-state index contributed by atoms with van der Waals surface area (Å²) in [7, 11) is 0. The summed E-state index contributed by atoms with van der Waals surface area (Å²) in [5.74, 6) is -0.0360. The summed E-state index contributed by atoms with van der Waals surface area (Å²) in [6.45, 7) is 0. The molecule has 6 heteroatoms. The minimum atomic E-state index is -0.584. The molecule has 1 aliphatic carbocycles. The van der Waals surface area contributed by atoms with Crippen LogP contribution in [0.3, 0.4) is 0 Å². The SMILES string of the molecule is O=C1CCCC2=C1C(c1ccc(Cl)cc1)N(C(=O)c1ccco1)c1ccccc1N2. The predicted octanol–water partition coefficient (Wildman–Crippen LogP) is 5.75. The second kappa shape index (κ2) is 7.50. The summed E-state index contributed by atoms with van der Waals surface area (Å²) in [5.41, 5.74) is 3.80. The number of carbonyl (C=O) groups is 2. The molecule has 1 atom stereocenters. The highest BCUT2D eigenvalue weighted by atomic mass is 35.5. The van der Waals surface area contributed by atoms with E-state index in [1.807, 2.05) is 36.4 Å². The number of benzene rings is 2. The number of halogens is 1. The van der Waals surface area contributed by atoms with Crippen LogP contribution in [0.5, 0.6) is 0 Å². The largest absolute Gasteiger partial charge is 0.459 e. The zero-order valence-electron chi connectivity index (χ0n) is 16.1. The normalized spacial score (nSPS) is 18.4. The summed E-state index contributed by atoms with van der Waals surface area (Å²) in [4.78, 5) is 28.5. The fourth-order valence-corrected chi connectivity index (χ4v) is 4.36. The van der Waals surface area contributed by atoms with Gasteiger partial charge in [-0.1, -0.05) is 35.9 Å². The van der Waals surface area contributed by atoms with Crippen LogP contribution < -0.4 is 10.2 Å². The van der Waals surface area contributed by atoms with E-state index in [1.165, 1.54) is 6.26 Å². The zero-order chi connectivity index (χ0) is 20.7. The lowest BCUT2D eigenvalue weighted by molar-refractivity contribution is -0.116. The van der Waals surface area contributed by atoms with Crippen LogP contribution in [0.15, 0.2) is 82.6 Å². The highest BCUT2D eigenvalue weighted by Crippen LogP contribution is 2.45. The number of ketones is 1. The van der Waals surface area contributed by atoms with E-state index >= 15 is 0 Å². The molecule has 0 radical (unpaired) electrons. The monoisotopic (exact) mass is 418 g/mol. The Balaban J connectivity index is 1.78. The number of rotatable bonds is 2. The van der Waals surface area contributed by atoms with E-state index < -0.39 is 6.04 Å². The lowest BCUT2D eigenvalue weighted by Crippen LogP contribution is -2.37. The third kappa shape index (κ3) is 3.12. The molecule has 5 rings (SSSR count). The Morgan fingerprint density at radius 1 is 1.03 bits per heavy atom. The van der Waals surface area contributed by atoms with Gasteiger partial charge in [-0.25, -0.2) is 0 Å². The number of carbonyl (C=O) groups excluding carboxylic acids is 2. The smallest absolute Gasteiger partial charge is 0.294 e. The molecule has 5 nitrogen and oxygen atoms in total. The molecule has 1 aromatic heterocycles. The van der Waals surface area contributed by atoms with E-state index in [-0.39, 0.29) is 17.5 Å². The Hall–Kier alpha value is -3.31. The van der Waals surface area contributed by atoms with Crippen LogP contribution >= 0.6 is 11.6 Å². The molecule has 2 heterocycles. The van der Waals surface area contributed by atoms with Crippen molar-refractivity contribution in [2.24, 2.45) is 0 Å². The number of hydrogen-bond acceptors (Lipinski definition) is 4. The summed E-state index contributed by atoms with van der Waals surface area (Å²) in [6.07, 6.45) is 3.47. The molecule has 0 saturated heterocycles. The third-order valence-corrected chi connectivity index (χ3v) is 5.83. The van der Waals surface area contributed by atoms with Gasteiger partial charge < -0.3 is 9.73 Å². The molecule has 0 spiro atoms. The van der Waals surface area contributed by atoms with Gasteiger partial charge in [-0.05, 0) is 54.8 Å². The number of amides is 1. The highest BCUT2D eigenvalue weighted by molar-refractivity contribution is 6.30. The van der Waals surface area contributed by atoms with E-state index in [9.17, 15) is 9.59 Å². The first-order valence-electron chi connectivity index (χ1n) is 9.88. The molecule has 2 aromatic carbocycles. The molecule has 30 heavy (non-hydrogen) atoms. The summed E-state index contributed by atoms with van der Waals surface area (Å²) >= 11 is 6.12. The van der Waals surface area contributed by atoms with Gasteiger partial charge >= 0.3 is 0 Å². The van der Waals surface area contributed by atoms with E-state index in [1.54, 1.807) is 29.2 Å². The molecule has 0 saturated carbocycles. The maximum Gasteiger partial charge on any atom is 0.294 e. The third-order valence-electron chi connectivity index (χ3n) is 5.57. The van der Waals surface area contributed by atoms with Crippen LogP contribution in [0.25, 0.3) is 0 Å². The van der Waals surface area contributed by atoms with Crippen molar-refractivity contribution in [2.75, 3.05) is 10.2 Å². The van der Waals surface area contributed by atoms with Gasteiger partial charge in [0, 0.05) is 22.7 Å². The van der Waals surface area contributed by atoms with Crippen molar-refractivity contribution in [1.82, 2.24) is 0 Å². The molecule has 0 fully saturated rings. The van der Waals surface area contributed by atoms with Crippen molar-refractivity contribution in [3.8, 4) is 0 Å². The average molecular weight is 419 g/mol. The van der Waals surface area contributed by atoms with Crippen molar-refractivity contribution < 1.29 is 14.0 Å². The lowest BCUT2D eigenvalue weighted by Gasteiger charge is -2.33. The minimum Gasteiger partial charge on any atom is -0.459 e. The van der Waals surface area contributed by atoms with Crippen molar-refractivity contribution >= 4 is 34.7 Å². The number of anilines is 2. The average Bonchev–Trinajstić information content (AvgIpc) is 3.24. The molecule has 1 unspecified atom stereocenters.